The SMILES string of the molecule is COc1ccc(C2/C(=C(\O)c3cc(C)ccc3OC)C(=O)C(=O)N2c2nc3cc(C)c(C)cc3[nH]2)cc1. The number of amides is 1. The quantitative estimate of drug-likeness (QED) is 0.225. The lowest BCUT2D eigenvalue weighted by atomic mass is 9.94. The number of aromatic nitrogens is 2. The van der Waals surface area contributed by atoms with Crippen molar-refractivity contribution in [3.63, 3.8) is 0 Å². The number of imidazole rings is 1. The van der Waals surface area contributed by atoms with E-state index in [0.717, 1.165) is 22.2 Å². The fourth-order valence-electron chi connectivity index (χ4n) is 4.67. The van der Waals surface area contributed by atoms with Crippen molar-refractivity contribution in [3.8, 4) is 11.5 Å². The molecule has 0 spiro atoms. The molecule has 1 aliphatic heterocycles. The van der Waals surface area contributed by atoms with Gasteiger partial charge in [0.25, 0.3) is 5.78 Å². The van der Waals surface area contributed by atoms with Crippen LogP contribution in [0.3, 0.4) is 0 Å². The van der Waals surface area contributed by atoms with Crippen molar-refractivity contribution >= 4 is 34.4 Å². The number of carbonyl (C=O) groups is 2. The van der Waals surface area contributed by atoms with Crippen LogP contribution in [-0.4, -0.2) is 41.0 Å². The molecule has 0 aliphatic carbocycles. The lowest BCUT2D eigenvalue weighted by Gasteiger charge is -2.23. The Bertz CT molecular complexity index is 1540. The van der Waals surface area contributed by atoms with E-state index in [2.05, 4.69) is 9.97 Å². The number of methoxy groups -OCH3 is 2. The number of anilines is 1. The third-order valence-corrected chi connectivity index (χ3v) is 6.80. The number of benzene rings is 3. The molecule has 0 bridgehead atoms. The second-order valence-corrected chi connectivity index (χ2v) is 9.16. The first-order valence-electron chi connectivity index (χ1n) is 11.8. The van der Waals surface area contributed by atoms with Gasteiger partial charge in [0, 0.05) is 0 Å². The number of aromatic amines is 1. The largest absolute Gasteiger partial charge is 0.507 e. The van der Waals surface area contributed by atoms with E-state index in [0.29, 0.717) is 28.1 Å². The van der Waals surface area contributed by atoms with Crippen LogP contribution in [0.4, 0.5) is 5.95 Å². The van der Waals surface area contributed by atoms with E-state index in [9.17, 15) is 14.7 Å². The number of ketones is 1. The zero-order valence-electron chi connectivity index (χ0n) is 21.2. The Morgan fingerprint density at radius 2 is 1.65 bits per heavy atom. The summed E-state index contributed by atoms with van der Waals surface area (Å²) in [6.07, 6.45) is 0. The van der Waals surface area contributed by atoms with E-state index in [-0.39, 0.29) is 17.3 Å². The lowest BCUT2D eigenvalue weighted by molar-refractivity contribution is -0.132. The van der Waals surface area contributed by atoms with Gasteiger partial charge in [0.15, 0.2) is 0 Å². The maximum absolute atomic E-state index is 13.5. The lowest BCUT2D eigenvalue weighted by Crippen LogP contribution is -2.30. The number of ether oxygens (including phenoxy) is 2. The van der Waals surface area contributed by atoms with Gasteiger partial charge >= 0.3 is 5.91 Å². The number of Topliss-reactive ketones (excluding diaryl/α,β-unsaturated/α-hetero) is 1. The third-order valence-electron chi connectivity index (χ3n) is 6.80. The zero-order valence-corrected chi connectivity index (χ0v) is 21.2. The average Bonchev–Trinajstić information content (AvgIpc) is 3.41. The maximum atomic E-state index is 13.5. The van der Waals surface area contributed by atoms with E-state index in [1.54, 1.807) is 43.5 Å². The van der Waals surface area contributed by atoms with Crippen LogP contribution in [0.1, 0.15) is 33.9 Å². The Morgan fingerprint density at radius 1 is 0.946 bits per heavy atom. The minimum absolute atomic E-state index is 0.0492. The normalized spacial score (nSPS) is 17.0. The van der Waals surface area contributed by atoms with E-state index < -0.39 is 17.7 Å². The van der Waals surface area contributed by atoms with Crippen LogP contribution in [0, 0.1) is 20.8 Å². The molecule has 3 aromatic carbocycles. The van der Waals surface area contributed by atoms with Crippen LogP contribution < -0.4 is 14.4 Å². The summed E-state index contributed by atoms with van der Waals surface area (Å²) in [5.41, 5.74) is 5.31. The molecule has 2 heterocycles. The number of H-pyrrole nitrogens is 1. The molecule has 1 amide bonds. The van der Waals surface area contributed by atoms with E-state index in [1.165, 1.54) is 12.0 Å². The van der Waals surface area contributed by atoms with Gasteiger partial charge in [0.1, 0.15) is 17.3 Å². The number of hydrogen-bond acceptors (Lipinski definition) is 6. The molecule has 2 N–H and O–H groups in total. The molecular formula is C29H27N3O5. The summed E-state index contributed by atoms with van der Waals surface area (Å²) < 4.78 is 10.7. The van der Waals surface area contributed by atoms with Crippen LogP contribution >= 0.6 is 0 Å². The molecule has 5 rings (SSSR count). The first-order valence-corrected chi connectivity index (χ1v) is 11.8. The minimum Gasteiger partial charge on any atom is -0.507 e. The van der Waals surface area contributed by atoms with Crippen LogP contribution in [0.2, 0.25) is 0 Å². The van der Waals surface area contributed by atoms with Crippen LogP contribution in [0.25, 0.3) is 16.8 Å². The summed E-state index contributed by atoms with van der Waals surface area (Å²) in [7, 11) is 3.04. The van der Waals surface area contributed by atoms with Gasteiger partial charge in [0.05, 0.1) is 42.4 Å². The molecule has 1 unspecified atom stereocenters. The van der Waals surface area contributed by atoms with Gasteiger partial charge in [-0.1, -0.05) is 23.8 Å². The number of nitrogens with one attached hydrogen (secondary N) is 1. The average molecular weight is 498 g/mol. The number of aliphatic hydroxyl groups excluding tert-OH is 1. The van der Waals surface area contributed by atoms with E-state index in [4.69, 9.17) is 9.47 Å². The minimum atomic E-state index is -0.932. The summed E-state index contributed by atoms with van der Waals surface area (Å²) >= 11 is 0. The van der Waals surface area contributed by atoms with Crippen molar-refractivity contribution in [1.29, 1.82) is 0 Å². The van der Waals surface area contributed by atoms with Gasteiger partial charge in [-0.05, 0) is 73.9 Å². The van der Waals surface area contributed by atoms with E-state index >= 15 is 0 Å². The highest BCUT2D eigenvalue weighted by atomic mass is 16.5. The number of hydrogen-bond donors (Lipinski definition) is 2. The van der Waals surface area contributed by atoms with E-state index in [1.807, 2.05) is 39.0 Å². The number of aryl methyl sites for hydroxylation is 3. The number of aliphatic hydroxyl groups is 1. The second-order valence-electron chi connectivity index (χ2n) is 9.16. The topological polar surface area (TPSA) is 105 Å². The molecule has 0 saturated carbocycles. The molecule has 8 heteroatoms. The van der Waals surface area contributed by atoms with Crippen molar-refractivity contribution in [1.82, 2.24) is 9.97 Å². The van der Waals surface area contributed by atoms with Gasteiger partial charge in [-0.15, -0.1) is 0 Å². The first-order chi connectivity index (χ1) is 17.7. The second kappa shape index (κ2) is 9.13. The molecule has 8 nitrogen and oxygen atoms in total. The maximum Gasteiger partial charge on any atom is 0.302 e. The molecule has 1 aromatic heterocycles. The summed E-state index contributed by atoms with van der Waals surface area (Å²) in [5, 5.41) is 11.5. The Balaban J connectivity index is 1.75. The first kappa shape index (κ1) is 24.1. The number of carbonyl (C=O) groups excluding carboxylic acids is 2. The Labute approximate surface area is 214 Å². The van der Waals surface area contributed by atoms with Crippen molar-refractivity contribution in [3.05, 3.63) is 88.0 Å². The van der Waals surface area contributed by atoms with Gasteiger partial charge < -0.3 is 19.6 Å². The number of fused-ring (bicyclic) bond motifs is 1. The fraction of sp³-hybridized carbons (Fsp3) is 0.207. The highest BCUT2D eigenvalue weighted by Gasteiger charge is 2.48. The van der Waals surface area contributed by atoms with Crippen molar-refractivity contribution in [2.75, 3.05) is 19.1 Å². The van der Waals surface area contributed by atoms with Crippen molar-refractivity contribution in [2.24, 2.45) is 0 Å². The van der Waals surface area contributed by atoms with Crippen LogP contribution in [-0.2, 0) is 9.59 Å². The molecule has 37 heavy (non-hydrogen) atoms. The molecule has 0 radical (unpaired) electrons. The predicted molar refractivity (Wildman–Crippen MR) is 141 cm³/mol. The standard InChI is InChI=1S/C29H27N3O5/c1-15-6-11-23(37-5)20(12-15)26(33)24-25(18-7-9-19(36-4)10-8-18)32(28(35)27(24)34)29-30-21-13-16(2)17(3)14-22(21)31-29/h6-14,25,33H,1-5H3,(H,30,31)/b26-24+. The summed E-state index contributed by atoms with van der Waals surface area (Å²) in [5.74, 6) is -0.687. The van der Waals surface area contributed by atoms with Crippen molar-refractivity contribution < 1.29 is 24.2 Å². The smallest absolute Gasteiger partial charge is 0.302 e. The monoisotopic (exact) mass is 497 g/mol. The number of nitrogens with zero attached hydrogens (tertiary/aromatic N) is 2. The van der Waals surface area contributed by atoms with Crippen LogP contribution in [0.15, 0.2) is 60.2 Å². The molecule has 1 fully saturated rings. The van der Waals surface area contributed by atoms with Gasteiger partial charge in [-0.25, -0.2) is 4.98 Å². The highest BCUT2D eigenvalue weighted by molar-refractivity contribution is 6.51. The summed E-state index contributed by atoms with van der Waals surface area (Å²) in [4.78, 5) is 36.2. The van der Waals surface area contributed by atoms with Gasteiger partial charge in [-0.3, -0.25) is 14.5 Å². The molecule has 188 valence electrons. The van der Waals surface area contributed by atoms with Gasteiger partial charge in [-0.2, -0.15) is 0 Å². The molecule has 1 aliphatic rings. The van der Waals surface area contributed by atoms with Crippen LogP contribution in [0.5, 0.6) is 11.5 Å². The Morgan fingerprint density at radius 3 is 2.32 bits per heavy atom. The summed E-state index contributed by atoms with van der Waals surface area (Å²) in [6, 6.07) is 15.2. The number of rotatable bonds is 5. The van der Waals surface area contributed by atoms with Crippen molar-refractivity contribution in [2.45, 2.75) is 26.8 Å². The molecule has 1 atom stereocenters. The molecule has 1 saturated heterocycles. The predicted octanol–water partition coefficient (Wildman–Crippen LogP) is 5.13. The third kappa shape index (κ3) is 4.00. The molecule has 4 aromatic rings. The zero-order chi connectivity index (χ0) is 26.4. The Kier molecular flexibility index (Phi) is 5.95. The molecular weight excluding hydrogens is 470 g/mol. The Hall–Kier alpha value is -4.59. The van der Waals surface area contributed by atoms with Gasteiger partial charge in [0.2, 0.25) is 5.95 Å². The summed E-state index contributed by atoms with van der Waals surface area (Å²) in [6.45, 7) is 5.85. The fourth-order valence-corrected chi connectivity index (χ4v) is 4.67. The highest BCUT2D eigenvalue weighted by Crippen LogP contribution is 2.43.